The smallest absolute Gasteiger partial charge is 0.341 e. The molecule has 0 bridgehead atoms. The average Bonchev–Trinajstić information content (AvgIpc) is 3.31. The number of hydrogen-bond acceptors (Lipinski definition) is 18. The monoisotopic (exact) mass is 929 g/mol. The van der Waals surface area contributed by atoms with Crippen LogP contribution in [0.4, 0.5) is 0 Å². The van der Waals surface area contributed by atoms with E-state index in [1.165, 1.54) is 68.2 Å². The van der Waals surface area contributed by atoms with Crippen molar-refractivity contribution < 1.29 is 86.8 Å². The minimum Gasteiger partial charge on any atom is -0.496 e. The molecule has 0 aromatic heterocycles. The lowest BCUT2D eigenvalue weighted by molar-refractivity contribution is -0.140. The number of carboxylic acids is 3. The van der Waals surface area contributed by atoms with E-state index in [1.807, 2.05) is 0 Å². The molecular formula is C42H60ClN3O18. The first-order valence-electron chi connectivity index (χ1n) is 18.4. The largest absolute Gasteiger partial charge is 0.496 e. The van der Waals surface area contributed by atoms with E-state index in [4.69, 9.17) is 67.6 Å². The number of nitrogens with zero attached hydrogens (tertiary/aromatic N) is 1. The number of benzene rings is 3. The van der Waals surface area contributed by atoms with Gasteiger partial charge in [0.2, 0.25) is 0 Å². The number of ether oxygens (including phenoxy) is 9. The summed E-state index contributed by atoms with van der Waals surface area (Å²) in [5.74, 6) is 0.331. The summed E-state index contributed by atoms with van der Waals surface area (Å²) in [5, 5.41) is 27.4. The molecule has 6 N–H and O–H groups in total. The molecule has 3 aromatic carbocycles. The maximum Gasteiger partial charge on any atom is 0.341 e. The Morgan fingerprint density at radius 1 is 0.625 bits per heavy atom. The van der Waals surface area contributed by atoms with Crippen LogP contribution >= 0.6 is 11.6 Å². The minimum atomic E-state index is -1.10. The third-order valence-electron chi connectivity index (χ3n) is 7.23. The van der Waals surface area contributed by atoms with Gasteiger partial charge in [-0.3, -0.25) is 14.5 Å². The first-order chi connectivity index (χ1) is 30.7. The Kier molecular flexibility index (Phi) is 33.6. The van der Waals surface area contributed by atoms with E-state index >= 15 is 0 Å². The minimum absolute atomic E-state index is 0.248. The summed E-state index contributed by atoms with van der Waals surface area (Å²) in [7, 11) is 12.1. The number of carbonyl (C=O) groups is 4. The lowest BCUT2D eigenvalue weighted by atomic mass is 10.1. The van der Waals surface area contributed by atoms with Gasteiger partial charge in [-0.1, -0.05) is 12.2 Å². The van der Waals surface area contributed by atoms with E-state index in [0.29, 0.717) is 67.1 Å². The van der Waals surface area contributed by atoms with Crippen molar-refractivity contribution in [2.75, 3.05) is 96.2 Å². The van der Waals surface area contributed by atoms with Crippen LogP contribution in [-0.2, 0) is 37.1 Å². The summed E-state index contributed by atoms with van der Waals surface area (Å²) < 4.78 is 46.4. The highest BCUT2D eigenvalue weighted by Gasteiger charge is 2.17. The van der Waals surface area contributed by atoms with E-state index in [-0.39, 0.29) is 22.8 Å². The highest BCUT2D eigenvalue weighted by molar-refractivity contribution is 6.15. The van der Waals surface area contributed by atoms with Crippen molar-refractivity contribution in [3.8, 4) is 51.7 Å². The molecule has 0 saturated heterocycles. The molecule has 3 rings (SSSR count). The number of carbonyl (C=O) groups excluding carboxylic acids is 1. The SMILES string of the molecule is C=CCON(C)Cc1c(OC)cc(OCC(=O)O)cc1OC.C=CCONCc1c(OC)cc(OCC(=O)O)cc1OC.CCl.CN.COc1cc(OCC(=O)O)cc(OC)c1C=O. The number of hydrogen-bond donors (Lipinski definition) is 5. The molecule has 0 unspecified atom stereocenters. The Morgan fingerprint density at radius 2 is 0.953 bits per heavy atom. The summed E-state index contributed by atoms with van der Waals surface area (Å²) in [6.45, 7) is 7.29. The lowest BCUT2D eigenvalue weighted by Crippen LogP contribution is -2.19. The van der Waals surface area contributed by atoms with Crippen molar-refractivity contribution in [3.05, 3.63) is 78.4 Å². The third-order valence-corrected chi connectivity index (χ3v) is 7.23. The highest BCUT2D eigenvalue weighted by atomic mass is 35.5. The zero-order valence-corrected chi connectivity index (χ0v) is 38.2. The van der Waals surface area contributed by atoms with E-state index in [0.717, 1.165) is 11.1 Å². The molecular weight excluding hydrogens is 870 g/mol. The number of aldehydes is 1. The van der Waals surface area contributed by atoms with Crippen LogP contribution in [0.1, 0.15) is 21.5 Å². The molecule has 22 heteroatoms. The molecule has 0 aliphatic heterocycles. The molecule has 3 aromatic rings. The van der Waals surface area contributed by atoms with Gasteiger partial charge in [0.15, 0.2) is 26.1 Å². The number of methoxy groups -OCH3 is 6. The number of hydroxylamine groups is 3. The number of alkyl halides is 1. The summed E-state index contributed by atoms with van der Waals surface area (Å²) in [5.41, 5.74) is 9.00. The van der Waals surface area contributed by atoms with Crippen molar-refractivity contribution in [1.82, 2.24) is 10.5 Å². The van der Waals surface area contributed by atoms with E-state index in [1.54, 1.807) is 48.5 Å². The second-order valence-corrected chi connectivity index (χ2v) is 11.3. The van der Waals surface area contributed by atoms with Crippen LogP contribution in [0.25, 0.3) is 0 Å². The first kappa shape index (κ1) is 59.6. The molecule has 0 heterocycles. The van der Waals surface area contributed by atoms with Crippen molar-refractivity contribution in [2.45, 2.75) is 13.1 Å². The number of rotatable bonds is 26. The second kappa shape index (κ2) is 36.0. The van der Waals surface area contributed by atoms with Crippen LogP contribution in [0.3, 0.4) is 0 Å². The van der Waals surface area contributed by atoms with Crippen molar-refractivity contribution in [3.63, 3.8) is 0 Å². The Labute approximate surface area is 377 Å². The van der Waals surface area contributed by atoms with E-state index in [2.05, 4.69) is 36.0 Å². The van der Waals surface area contributed by atoms with Gasteiger partial charge in [-0.25, -0.2) is 14.4 Å². The fourth-order valence-corrected chi connectivity index (χ4v) is 4.66. The highest BCUT2D eigenvalue weighted by Crippen LogP contribution is 2.36. The summed E-state index contributed by atoms with van der Waals surface area (Å²) in [4.78, 5) is 52.8. The lowest BCUT2D eigenvalue weighted by Gasteiger charge is -2.20. The molecule has 358 valence electrons. The first-order valence-corrected chi connectivity index (χ1v) is 19.1. The predicted octanol–water partition coefficient (Wildman–Crippen LogP) is 4.50. The Hall–Kier alpha value is -6.49. The number of halogens is 1. The number of nitrogens with two attached hydrogens (primary N) is 1. The fraction of sp³-hybridized carbons (Fsp3) is 0.381. The van der Waals surface area contributed by atoms with Crippen molar-refractivity contribution >= 4 is 35.8 Å². The Bertz CT molecular complexity index is 1790. The van der Waals surface area contributed by atoms with Gasteiger partial charge in [-0.2, -0.15) is 10.5 Å². The number of carboxylic acid groups (broad SMARTS) is 3. The van der Waals surface area contributed by atoms with Crippen LogP contribution in [0, 0.1) is 0 Å². The topological polar surface area (TPSA) is 272 Å². The molecule has 0 atom stereocenters. The molecule has 0 spiro atoms. The molecule has 0 amide bonds. The molecule has 0 aliphatic carbocycles. The van der Waals surface area contributed by atoms with Gasteiger partial charge in [0.1, 0.15) is 51.7 Å². The van der Waals surface area contributed by atoms with Gasteiger partial charge in [0, 0.05) is 49.8 Å². The van der Waals surface area contributed by atoms with Crippen LogP contribution in [0.2, 0.25) is 0 Å². The summed E-state index contributed by atoms with van der Waals surface area (Å²) in [6.07, 6.45) is 5.33. The van der Waals surface area contributed by atoms with Crippen LogP contribution in [0.5, 0.6) is 51.7 Å². The number of nitrogens with one attached hydrogen (secondary N) is 1. The van der Waals surface area contributed by atoms with Gasteiger partial charge in [-0.05, 0) is 7.05 Å². The summed E-state index contributed by atoms with van der Waals surface area (Å²) >= 11 is 4.64. The van der Waals surface area contributed by atoms with Gasteiger partial charge in [-0.15, -0.1) is 24.8 Å². The van der Waals surface area contributed by atoms with Crippen LogP contribution in [-0.4, -0.2) is 141 Å². The normalized spacial score (nSPS) is 9.56. The quantitative estimate of drug-likeness (QED) is 0.0244. The van der Waals surface area contributed by atoms with Gasteiger partial charge >= 0.3 is 17.9 Å². The average molecular weight is 930 g/mol. The maximum absolute atomic E-state index is 10.8. The standard InChI is InChI=1S/C15H21NO6.C14H19NO6.C11H12O6.CH3Cl.CH5N/c1-5-6-22-16(2)9-12-13(19-3)7-11(8-14(12)20-4)21-10-15(17)18;1-4-5-21-15-8-11-12(18-2)6-10(7-13(11)19-3)20-9-14(16)17;1-15-9-3-7(17-6-11(13)14)4-10(16-2)8(9)5-12;2*1-2/h5,7-8H,1,6,9-10H2,2-4H3,(H,17,18);4,6-7,15H,1,5,8-9H2,2-3H3,(H,16,17);3-5H,6H2,1-2H3,(H,13,14);1H3;2H2,1H3. The van der Waals surface area contributed by atoms with Crippen LogP contribution < -0.4 is 53.8 Å². The second-order valence-electron chi connectivity index (χ2n) is 11.3. The fourth-order valence-electron chi connectivity index (χ4n) is 4.66. The predicted molar refractivity (Wildman–Crippen MR) is 236 cm³/mol. The van der Waals surface area contributed by atoms with Gasteiger partial charge in [0.05, 0.1) is 85.7 Å². The van der Waals surface area contributed by atoms with Crippen LogP contribution in [0.15, 0.2) is 61.7 Å². The Balaban J connectivity index is 0. The van der Waals surface area contributed by atoms with Crippen molar-refractivity contribution in [1.29, 1.82) is 0 Å². The van der Waals surface area contributed by atoms with Gasteiger partial charge < -0.3 is 63.7 Å². The van der Waals surface area contributed by atoms with Crippen molar-refractivity contribution in [2.24, 2.45) is 5.73 Å². The zero-order valence-electron chi connectivity index (χ0n) is 37.4. The molecule has 64 heavy (non-hydrogen) atoms. The molecule has 0 saturated carbocycles. The van der Waals surface area contributed by atoms with E-state index < -0.39 is 37.7 Å². The zero-order chi connectivity index (χ0) is 49.0. The molecule has 21 nitrogen and oxygen atoms in total. The molecule has 0 radical (unpaired) electrons. The van der Waals surface area contributed by atoms with Gasteiger partial charge in [0.25, 0.3) is 0 Å². The number of aliphatic carboxylic acids is 3. The third kappa shape index (κ3) is 23.1. The molecule has 0 fully saturated rings. The summed E-state index contributed by atoms with van der Waals surface area (Å²) in [6, 6.07) is 9.26. The Morgan fingerprint density at radius 3 is 1.25 bits per heavy atom. The maximum atomic E-state index is 10.8. The van der Waals surface area contributed by atoms with E-state index in [9.17, 15) is 19.2 Å². The molecule has 0 aliphatic rings.